The molecule has 0 unspecified atom stereocenters. The van der Waals surface area contributed by atoms with Gasteiger partial charge in [-0.2, -0.15) is 0 Å². The van der Waals surface area contributed by atoms with Crippen LogP contribution in [0.25, 0.3) is 0 Å². The highest BCUT2D eigenvalue weighted by Crippen LogP contribution is 2.48. The third kappa shape index (κ3) is 9.06. The maximum atomic E-state index is 6.40. The van der Waals surface area contributed by atoms with E-state index in [-0.39, 0.29) is 5.04 Å². The van der Waals surface area contributed by atoms with Crippen LogP contribution in [0.2, 0.25) is 11.1 Å². The van der Waals surface area contributed by atoms with E-state index in [1.54, 1.807) is 0 Å². The van der Waals surface area contributed by atoms with Crippen molar-refractivity contribution < 1.29 is 8.85 Å². The van der Waals surface area contributed by atoms with E-state index < -0.39 is 8.56 Å². The Labute approximate surface area is 160 Å². The van der Waals surface area contributed by atoms with Gasteiger partial charge in [-0.15, -0.1) is 0 Å². The van der Waals surface area contributed by atoms with Gasteiger partial charge < -0.3 is 8.85 Å². The summed E-state index contributed by atoms with van der Waals surface area (Å²) in [5.74, 6) is 0.584. The fourth-order valence-corrected chi connectivity index (χ4v) is 7.92. The van der Waals surface area contributed by atoms with Crippen molar-refractivity contribution in [3.63, 3.8) is 0 Å². The molecule has 152 valence electrons. The summed E-state index contributed by atoms with van der Waals surface area (Å²) in [5, 5.41) is 0.151. The Hall–Kier alpha value is 0.137. The Bertz CT molecular complexity index is 296. The normalized spacial score (nSPS) is 13.0. The van der Waals surface area contributed by atoms with Crippen molar-refractivity contribution in [1.29, 1.82) is 0 Å². The van der Waals surface area contributed by atoms with E-state index >= 15 is 0 Å². The molecule has 3 heteroatoms. The quantitative estimate of drug-likeness (QED) is 0.191. The summed E-state index contributed by atoms with van der Waals surface area (Å²) in [6.07, 6.45) is 13.8. The summed E-state index contributed by atoms with van der Waals surface area (Å²) in [5.41, 5.74) is 0. The van der Waals surface area contributed by atoms with Gasteiger partial charge in [-0.05, 0) is 25.8 Å². The summed E-state index contributed by atoms with van der Waals surface area (Å²) in [6, 6.07) is 1.15. The second kappa shape index (κ2) is 14.2. The first kappa shape index (κ1) is 25.1. The highest BCUT2D eigenvalue weighted by atomic mass is 28.4. The lowest BCUT2D eigenvalue weighted by Crippen LogP contribution is -2.53. The monoisotopic (exact) mass is 372 g/mol. The molecule has 25 heavy (non-hydrogen) atoms. The molecule has 0 N–H and O–H groups in total. The summed E-state index contributed by atoms with van der Waals surface area (Å²) in [6.45, 7) is 17.5. The highest BCUT2D eigenvalue weighted by Gasteiger charge is 2.52. The molecule has 0 fully saturated rings. The molecular formula is C22H48O2Si. The molecule has 0 spiro atoms. The molecule has 0 aliphatic rings. The van der Waals surface area contributed by atoms with Crippen LogP contribution in [0.5, 0.6) is 0 Å². The van der Waals surface area contributed by atoms with Crippen LogP contribution < -0.4 is 0 Å². The highest BCUT2D eigenvalue weighted by molar-refractivity contribution is 6.70. The summed E-state index contributed by atoms with van der Waals surface area (Å²) in [7, 11) is -2.18. The zero-order valence-corrected chi connectivity index (χ0v) is 19.6. The van der Waals surface area contributed by atoms with Crippen LogP contribution in [0.3, 0.4) is 0 Å². The van der Waals surface area contributed by atoms with Crippen molar-refractivity contribution in [2.75, 3.05) is 13.2 Å². The first-order chi connectivity index (χ1) is 11.9. The molecule has 0 atom stereocenters. The lowest BCUT2D eigenvalue weighted by molar-refractivity contribution is 0.144. The van der Waals surface area contributed by atoms with E-state index in [2.05, 4.69) is 48.5 Å². The Morgan fingerprint density at radius 1 is 0.680 bits per heavy atom. The van der Waals surface area contributed by atoms with Gasteiger partial charge in [0.25, 0.3) is 0 Å². The third-order valence-electron chi connectivity index (χ3n) is 6.04. The van der Waals surface area contributed by atoms with Gasteiger partial charge in [0.2, 0.25) is 0 Å². The van der Waals surface area contributed by atoms with E-state index in [9.17, 15) is 0 Å². The molecule has 0 aliphatic carbocycles. The maximum Gasteiger partial charge on any atom is 0.344 e. The van der Waals surface area contributed by atoms with E-state index in [0.717, 1.165) is 19.3 Å². The van der Waals surface area contributed by atoms with Crippen molar-refractivity contribution in [2.24, 2.45) is 5.92 Å². The molecule has 2 nitrogen and oxygen atoms in total. The molecule has 0 aromatic rings. The molecule has 0 aromatic carbocycles. The smallest absolute Gasteiger partial charge is 0.344 e. The lowest BCUT2D eigenvalue weighted by atomic mass is 9.99. The van der Waals surface area contributed by atoms with Crippen molar-refractivity contribution >= 4 is 8.56 Å². The molecule has 0 aromatic heterocycles. The van der Waals surface area contributed by atoms with Crippen molar-refractivity contribution in [3.8, 4) is 0 Å². The van der Waals surface area contributed by atoms with Gasteiger partial charge in [-0.3, -0.25) is 0 Å². The second-order valence-electron chi connectivity index (χ2n) is 8.43. The molecule has 0 radical (unpaired) electrons. The molecule has 0 amide bonds. The first-order valence-corrected chi connectivity index (χ1v) is 13.2. The fraction of sp³-hybridized carbons (Fsp3) is 1.00. The van der Waals surface area contributed by atoms with E-state index in [1.807, 2.05) is 0 Å². The first-order valence-electron chi connectivity index (χ1n) is 11.2. The number of hydrogen-bond donors (Lipinski definition) is 0. The maximum absolute atomic E-state index is 6.40. The van der Waals surface area contributed by atoms with Gasteiger partial charge in [0.05, 0.1) is 0 Å². The summed E-state index contributed by atoms with van der Waals surface area (Å²) < 4.78 is 12.8. The third-order valence-corrected chi connectivity index (χ3v) is 11.1. The van der Waals surface area contributed by atoms with Crippen LogP contribution in [0.15, 0.2) is 0 Å². The zero-order chi connectivity index (χ0) is 19.2. The largest absolute Gasteiger partial charge is 0.394 e. The van der Waals surface area contributed by atoms with Gasteiger partial charge in [0.1, 0.15) is 0 Å². The van der Waals surface area contributed by atoms with Gasteiger partial charge >= 0.3 is 8.56 Å². The number of hydrogen-bond acceptors (Lipinski definition) is 2. The Kier molecular flexibility index (Phi) is 14.3. The number of rotatable bonds is 17. The standard InChI is InChI=1S/C22H48O2Si/c1-8-11-12-13-14-15-16-17-18-19-20-25(23-9-2,24-10-3)22(6,7)21(4)5/h21H,8-20H2,1-7H3. The Morgan fingerprint density at radius 2 is 1.08 bits per heavy atom. The van der Waals surface area contributed by atoms with E-state index in [1.165, 1.54) is 64.2 Å². The minimum Gasteiger partial charge on any atom is -0.394 e. The molecule has 0 bridgehead atoms. The average Bonchev–Trinajstić information content (AvgIpc) is 2.56. The van der Waals surface area contributed by atoms with Crippen molar-refractivity contribution in [3.05, 3.63) is 0 Å². The molecular weight excluding hydrogens is 324 g/mol. The van der Waals surface area contributed by atoms with Crippen LogP contribution in [0, 0.1) is 5.92 Å². The lowest BCUT2D eigenvalue weighted by Gasteiger charge is -2.45. The molecule has 0 rings (SSSR count). The van der Waals surface area contributed by atoms with Gasteiger partial charge in [0.15, 0.2) is 0 Å². The van der Waals surface area contributed by atoms with Crippen LogP contribution >= 0.6 is 0 Å². The van der Waals surface area contributed by atoms with Gasteiger partial charge in [-0.1, -0.05) is 98.8 Å². The predicted octanol–water partition coefficient (Wildman–Crippen LogP) is 7.86. The van der Waals surface area contributed by atoms with E-state index in [4.69, 9.17) is 8.85 Å². The molecule has 0 heterocycles. The van der Waals surface area contributed by atoms with Gasteiger partial charge in [-0.25, -0.2) is 0 Å². The van der Waals surface area contributed by atoms with Crippen LogP contribution in [-0.2, 0) is 8.85 Å². The molecule has 0 aliphatic heterocycles. The Balaban J connectivity index is 4.27. The van der Waals surface area contributed by atoms with Gasteiger partial charge in [0, 0.05) is 18.3 Å². The predicted molar refractivity (Wildman–Crippen MR) is 115 cm³/mol. The minimum atomic E-state index is -2.18. The molecule has 0 saturated heterocycles. The van der Waals surface area contributed by atoms with Crippen LogP contribution in [-0.4, -0.2) is 21.8 Å². The van der Waals surface area contributed by atoms with Crippen molar-refractivity contribution in [2.45, 2.75) is 124 Å². The number of unbranched alkanes of at least 4 members (excludes halogenated alkanes) is 9. The second-order valence-corrected chi connectivity index (χ2v) is 12.3. The van der Waals surface area contributed by atoms with Crippen molar-refractivity contribution in [1.82, 2.24) is 0 Å². The van der Waals surface area contributed by atoms with Crippen LogP contribution in [0.1, 0.15) is 113 Å². The van der Waals surface area contributed by atoms with E-state index in [0.29, 0.717) is 5.92 Å². The average molecular weight is 373 g/mol. The van der Waals surface area contributed by atoms with Crippen LogP contribution in [0.4, 0.5) is 0 Å². The zero-order valence-electron chi connectivity index (χ0n) is 18.6. The summed E-state index contributed by atoms with van der Waals surface area (Å²) >= 11 is 0. The summed E-state index contributed by atoms with van der Waals surface area (Å²) in [4.78, 5) is 0. The fourth-order valence-electron chi connectivity index (χ4n) is 3.63. The Morgan fingerprint density at radius 3 is 1.44 bits per heavy atom. The molecule has 0 saturated carbocycles. The topological polar surface area (TPSA) is 18.5 Å². The minimum absolute atomic E-state index is 0.151. The SMILES string of the molecule is CCCCCCCCCCCC[Si](OCC)(OCC)C(C)(C)C(C)C.